The summed E-state index contributed by atoms with van der Waals surface area (Å²) in [6, 6.07) is 5.70. The van der Waals surface area contributed by atoms with Crippen molar-refractivity contribution in [2.75, 3.05) is 32.5 Å². The minimum Gasteiger partial charge on any atom is -0.444 e. The fourth-order valence-corrected chi connectivity index (χ4v) is 4.55. The van der Waals surface area contributed by atoms with Crippen LogP contribution in [0.2, 0.25) is 0 Å². The third kappa shape index (κ3) is 3.34. The lowest BCUT2D eigenvalue weighted by atomic mass is 9.88. The molecule has 26 heavy (non-hydrogen) atoms. The number of fused-ring (bicyclic) bond motifs is 1. The van der Waals surface area contributed by atoms with Crippen LogP contribution in [0.3, 0.4) is 0 Å². The number of hydrogen-bond donors (Lipinski definition) is 1. The molecule has 0 unspecified atom stereocenters. The Labute approximate surface area is 162 Å². The molecule has 1 aliphatic carbocycles. The first-order chi connectivity index (χ1) is 12.5. The third-order valence-corrected chi connectivity index (χ3v) is 6.60. The Balaban J connectivity index is 1.35. The van der Waals surface area contributed by atoms with E-state index in [1.807, 2.05) is 6.07 Å². The van der Waals surface area contributed by atoms with Crippen LogP contribution in [0.1, 0.15) is 31.4 Å². The van der Waals surface area contributed by atoms with Crippen molar-refractivity contribution in [2.45, 2.75) is 43.8 Å². The number of pyridine rings is 1. The van der Waals surface area contributed by atoms with Crippen LogP contribution in [0.15, 0.2) is 21.2 Å². The van der Waals surface area contributed by atoms with Crippen LogP contribution >= 0.6 is 15.9 Å². The lowest BCUT2D eigenvalue weighted by molar-refractivity contribution is 0.0132. The minimum absolute atomic E-state index is 0.311. The van der Waals surface area contributed by atoms with Gasteiger partial charge in [-0.15, -0.1) is 0 Å². The van der Waals surface area contributed by atoms with Crippen molar-refractivity contribution in [3.05, 3.63) is 22.5 Å². The maximum Gasteiger partial charge on any atom is 0.204 e. The largest absolute Gasteiger partial charge is 0.444 e. The van der Waals surface area contributed by atoms with E-state index < -0.39 is 0 Å². The molecule has 3 heterocycles. The molecule has 0 radical (unpaired) electrons. The van der Waals surface area contributed by atoms with Gasteiger partial charge in [-0.1, -0.05) is 0 Å². The van der Waals surface area contributed by atoms with Gasteiger partial charge in [0.1, 0.15) is 11.9 Å². The zero-order valence-corrected chi connectivity index (χ0v) is 16.8. The molecule has 4 rings (SSSR count). The fourth-order valence-electron chi connectivity index (χ4n) is 4.03. The second-order valence-corrected chi connectivity index (χ2v) is 8.44. The molecule has 1 saturated carbocycles. The van der Waals surface area contributed by atoms with Gasteiger partial charge < -0.3 is 14.6 Å². The van der Waals surface area contributed by atoms with Crippen LogP contribution in [0.25, 0.3) is 11.0 Å². The summed E-state index contributed by atoms with van der Waals surface area (Å²) in [6.45, 7) is 2.42. The number of halogens is 1. The number of likely N-dealkylation sites (N-methyl/N-ethyl adjacent to an activating group) is 1. The monoisotopic (exact) mass is 417 g/mol. The van der Waals surface area contributed by atoms with Gasteiger partial charge >= 0.3 is 0 Å². The smallest absolute Gasteiger partial charge is 0.204 e. The number of furan rings is 1. The summed E-state index contributed by atoms with van der Waals surface area (Å²) < 4.78 is 6.31. The van der Waals surface area contributed by atoms with E-state index in [2.05, 4.69) is 50.1 Å². The Kier molecular flexibility index (Phi) is 4.91. The number of aromatic nitrogens is 1. The predicted molar refractivity (Wildman–Crippen MR) is 105 cm³/mol. The van der Waals surface area contributed by atoms with Gasteiger partial charge in [-0.2, -0.15) is 5.26 Å². The number of nitrogens with zero attached hydrogens (tertiary/aromatic N) is 4. The summed E-state index contributed by atoms with van der Waals surface area (Å²) in [6.07, 6.45) is 6.49. The molecular weight excluding hydrogens is 394 g/mol. The van der Waals surface area contributed by atoms with Gasteiger partial charge in [-0.3, -0.25) is 4.90 Å². The fraction of sp³-hybridized carbons (Fsp3) is 0.579. The van der Waals surface area contributed by atoms with Crippen molar-refractivity contribution < 1.29 is 4.42 Å². The van der Waals surface area contributed by atoms with E-state index in [9.17, 15) is 0 Å². The molecule has 2 fully saturated rings. The molecule has 1 saturated heterocycles. The molecule has 0 amide bonds. The number of hydrogen-bond acceptors (Lipinski definition) is 6. The van der Waals surface area contributed by atoms with E-state index in [0.29, 0.717) is 17.4 Å². The van der Waals surface area contributed by atoms with E-state index in [4.69, 9.17) is 9.68 Å². The van der Waals surface area contributed by atoms with Gasteiger partial charge in [0.05, 0.1) is 10.7 Å². The van der Waals surface area contributed by atoms with Crippen molar-refractivity contribution in [1.29, 1.82) is 5.26 Å². The van der Waals surface area contributed by atoms with E-state index in [1.54, 1.807) is 12.3 Å². The van der Waals surface area contributed by atoms with Crippen molar-refractivity contribution in [1.82, 2.24) is 14.8 Å². The minimum atomic E-state index is 0.311. The van der Waals surface area contributed by atoms with E-state index in [1.165, 1.54) is 25.9 Å². The zero-order valence-electron chi connectivity index (χ0n) is 15.2. The molecular formula is C19H24BrN5O. The van der Waals surface area contributed by atoms with Crippen molar-refractivity contribution in [3.63, 3.8) is 0 Å². The number of nitriles is 1. The first-order valence-electron chi connectivity index (χ1n) is 9.20. The van der Waals surface area contributed by atoms with Gasteiger partial charge in [-0.05, 0) is 55.7 Å². The molecule has 1 N–H and O–H groups in total. The highest BCUT2D eigenvalue weighted by atomic mass is 79.9. The highest BCUT2D eigenvalue weighted by molar-refractivity contribution is 9.10. The highest BCUT2D eigenvalue weighted by Crippen LogP contribution is 2.34. The lowest BCUT2D eigenvalue weighted by Crippen LogP contribution is -2.61. The van der Waals surface area contributed by atoms with Crippen LogP contribution in [-0.2, 0) is 0 Å². The molecule has 0 spiro atoms. The molecule has 2 aromatic rings. The molecule has 2 aromatic heterocycles. The maximum atomic E-state index is 9.00. The molecule has 0 atom stereocenters. The molecule has 1 aliphatic heterocycles. The van der Waals surface area contributed by atoms with Crippen LogP contribution < -0.4 is 5.32 Å². The predicted octanol–water partition coefficient (Wildman–Crippen LogP) is 3.43. The Bertz CT molecular complexity index is 828. The molecule has 0 bridgehead atoms. The average molecular weight is 418 g/mol. The molecule has 6 nitrogen and oxygen atoms in total. The molecule has 0 aromatic carbocycles. The van der Waals surface area contributed by atoms with Gasteiger partial charge in [0.25, 0.3) is 0 Å². The number of rotatable bonds is 4. The Morgan fingerprint density at radius 2 is 2.04 bits per heavy atom. The Hall–Kier alpha value is -1.62. The van der Waals surface area contributed by atoms with Crippen molar-refractivity contribution in [2.24, 2.45) is 0 Å². The quantitative estimate of drug-likeness (QED) is 0.821. The molecule has 2 aliphatic rings. The van der Waals surface area contributed by atoms with E-state index >= 15 is 0 Å². The molecule has 138 valence electrons. The summed E-state index contributed by atoms with van der Waals surface area (Å²) in [7, 11) is 4.34. The second-order valence-electron chi connectivity index (χ2n) is 7.64. The molecule has 7 heteroatoms. The van der Waals surface area contributed by atoms with Crippen LogP contribution in [0.5, 0.6) is 0 Å². The first-order valence-corrected chi connectivity index (χ1v) is 9.99. The topological polar surface area (TPSA) is 68.3 Å². The van der Waals surface area contributed by atoms with Gasteiger partial charge in [-0.25, -0.2) is 4.98 Å². The normalized spacial score (nSPS) is 24.6. The van der Waals surface area contributed by atoms with Gasteiger partial charge in [0.2, 0.25) is 5.76 Å². The standard InChI is InChI=1S/C19H24BrN5O/c1-24(2)14-10-25(11-14)13-5-3-12(4-6-13)23-19-18(20)16-7-15(8-21)26-17(16)9-22-19/h7,9,12-14H,3-6,10-11H2,1-2H3,(H,22,23). The third-order valence-electron chi connectivity index (χ3n) is 5.80. The SMILES string of the molecule is CN(C)C1CN(C2CCC(Nc3ncc4oc(C#N)cc4c3Br)CC2)C1. The summed E-state index contributed by atoms with van der Waals surface area (Å²) in [5.41, 5.74) is 0.635. The summed E-state index contributed by atoms with van der Waals surface area (Å²) in [5.74, 6) is 1.15. The zero-order chi connectivity index (χ0) is 18.3. The average Bonchev–Trinajstić information content (AvgIpc) is 3.01. The summed E-state index contributed by atoms with van der Waals surface area (Å²) in [5, 5.41) is 13.5. The van der Waals surface area contributed by atoms with Crippen LogP contribution in [0.4, 0.5) is 5.82 Å². The van der Waals surface area contributed by atoms with Gasteiger partial charge in [0.15, 0.2) is 5.58 Å². The Morgan fingerprint density at radius 3 is 2.69 bits per heavy atom. The van der Waals surface area contributed by atoms with Crippen molar-refractivity contribution in [3.8, 4) is 6.07 Å². The first kappa shape index (κ1) is 17.8. The van der Waals surface area contributed by atoms with Gasteiger partial charge in [0, 0.05) is 42.7 Å². The maximum absolute atomic E-state index is 9.00. The number of anilines is 1. The van der Waals surface area contributed by atoms with E-state index in [0.717, 1.165) is 40.6 Å². The summed E-state index contributed by atoms with van der Waals surface area (Å²) >= 11 is 3.62. The van der Waals surface area contributed by atoms with Crippen LogP contribution in [0, 0.1) is 11.3 Å². The van der Waals surface area contributed by atoms with Crippen molar-refractivity contribution >= 4 is 32.7 Å². The number of nitrogens with one attached hydrogen (secondary N) is 1. The summed E-state index contributed by atoms with van der Waals surface area (Å²) in [4.78, 5) is 9.45. The highest BCUT2D eigenvalue weighted by Gasteiger charge is 2.35. The Morgan fingerprint density at radius 1 is 1.31 bits per heavy atom. The number of likely N-dealkylation sites (tertiary alicyclic amines) is 1. The van der Waals surface area contributed by atoms with Crippen LogP contribution in [-0.4, -0.2) is 60.1 Å². The van der Waals surface area contributed by atoms with E-state index in [-0.39, 0.29) is 0 Å². The lowest BCUT2D eigenvalue weighted by Gasteiger charge is -2.48. The second kappa shape index (κ2) is 7.18.